The molecule has 0 radical (unpaired) electrons. The van der Waals surface area contributed by atoms with Gasteiger partial charge in [-0.1, -0.05) is 12.1 Å². The second kappa shape index (κ2) is 6.45. The Bertz CT molecular complexity index is 875. The van der Waals surface area contributed by atoms with Crippen LogP contribution in [0.3, 0.4) is 0 Å². The molecule has 0 atom stereocenters. The summed E-state index contributed by atoms with van der Waals surface area (Å²) in [5.41, 5.74) is 6.66. The van der Waals surface area contributed by atoms with Crippen molar-refractivity contribution in [2.45, 2.75) is 25.4 Å². The highest BCUT2D eigenvalue weighted by atomic mass is 19.4. The van der Waals surface area contributed by atoms with Crippen molar-refractivity contribution >= 4 is 28.3 Å². The number of aromatic nitrogens is 2. The van der Waals surface area contributed by atoms with E-state index in [9.17, 15) is 18.0 Å². The summed E-state index contributed by atoms with van der Waals surface area (Å²) in [4.78, 5) is 21.4. The minimum Gasteiger partial charge on any atom is -0.475 e. The first kappa shape index (κ1) is 19.0. The predicted octanol–water partition coefficient (Wildman–Crippen LogP) is 2.33. The van der Waals surface area contributed by atoms with E-state index in [4.69, 9.17) is 15.6 Å². The summed E-state index contributed by atoms with van der Waals surface area (Å²) in [5.74, 6) is -2.63. The number of carbonyl (C=O) groups is 2. The number of nitrogens with two attached hydrogens (primary N) is 1. The van der Waals surface area contributed by atoms with E-state index in [1.807, 2.05) is 18.2 Å². The lowest BCUT2D eigenvalue weighted by molar-refractivity contribution is -0.197. The lowest BCUT2D eigenvalue weighted by atomic mass is 9.35. The Hall–Kier alpha value is -2.75. The van der Waals surface area contributed by atoms with Crippen LogP contribution in [-0.4, -0.2) is 39.9 Å². The number of nitrogens with zero attached hydrogens (tertiary/aromatic N) is 2. The standard InChI is InChI=1S/C15H16N4O.C2HF3O2/c16-9-14-6-15(7-14,8-14)13(20)19-12-3-1-2-10-4-17-18-5-11(10)12;3-2(4,5)1(6)7/h1-5H,6-9,16H2,(H,19,20);(H,6,7). The van der Waals surface area contributed by atoms with E-state index in [-0.39, 0.29) is 16.7 Å². The maximum absolute atomic E-state index is 12.5. The molecule has 5 rings (SSSR count). The predicted molar refractivity (Wildman–Crippen MR) is 89.6 cm³/mol. The van der Waals surface area contributed by atoms with E-state index >= 15 is 0 Å². The van der Waals surface area contributed by atoms with E-state index < -0.39 is 12.1 Å². The molecule has 1 aromatic carbocycles. The molecule has 4 N–H and O–H groups in total. The van der Waals surface area contributed by atoms with Crippen molar-refractivity contribution in [1.29, 1.82) is 0 Å². The fraction of sp³-hybridized carbons (Fsp3) is 0.412. The summed E-state index contributed by atoms with van der Waals surface area (Å²) in [6.07, 6.45) is 1.12. The van der Waals surface area contributed by atoms with E-state index in [2.05, 4.69) is 15.5 Å². The van der Waals surface area contributed by atoms with Gasteiger partial charge in [-0.25, -0.2) is 4.79 Å². The van der Waals surface area contributed by atoms with Crippen molar-refractivity contribution in [1.82, 2.24) is 10.2 Å². The number of nitrogens with one attached hydrogen (secondary N) is 1. The van der Waals surface area contributed by atoms with Crippen LogP contribution in [-0.2, 0) is 9.59 Å². The molecule has 0 unspecified atom stereocenters. The first-order chi connectivity index (χ1) is 12.6. The smallest absolute Gasteiger partial charge is 0.475 e. The first-order valence-electron chi connectivity index (χ1n) is 8.12. The Kier molecular flexibility index (Phi) is 4.54. The second-order valence-corrected chi connectivity index (χ2v) is 7.07. The van der Waals surface area contributed by atoms with Crippen LogP contribution in [0.2, 0.25) is 0 Å². The van der Waals surface area contributed by atoms with Crippen molar-refractivity contribution in [2.75, 3.05) is 11.9 Å². The van der Waals surface area contributed by atoms with Crippen LogP contribution in [0, 0.1) is 10.8 Å². The molecule has 0 aliphatic heterocycles. The number of carboxylic acids is 1. The van der Waals surface area contributed by atoms with Gasteiger partial charge < -0.3 is 16.2 Å². The number of alkyl halides is 3. The highest BCUT2D eigenvalue weighted by Crippen LogP contribution is 2.73. The van der Waals surface area contributed by atoms with Crippen LogP contribution in [0.1, 0.15) is 19.3 Å². The monoisotopic (exact) mass is 382 g/mol. The van der Waals surface area contributed by atoms with Crippen LogP contribution >= 0.6 is 0 Å². The maximum Gasteiger partial charge on any atom is 0.490 e. The number of anilines is 1. The Labute approximate surface area is 151 Å². The molecule has 0 spiro atoms. The Morgan fingerprint density at radius 3 is 2.33 bits per heavy atom. The highest BCUT2D eigenvalue weighted by molar-refractivity contribution is 6.04. The van der Waals surface area contributed by atoms with Crippen LogP contribution in [0.5, 0.6) is 0 Å². The van der Waals surface area contributed by atoms with Crippen LogP contribution in [0.25, 0.3) is 10.8 Å². The van der Waals surface area contributed by atoms with Crippen molar-refractivity contribution in [3.05, 3.63) is 30.6 Å². The van der Waals surface area contributed by atoms with Gasteiger partial charge in [0.1, 0.15) is 0 Å². The van der Waals surface area contributed by atoms with Crippen molar-refractivity contribution in [3.63, 3.8) is 0 Å². The molecule has 1 aromatic heterocycles. The summed E-state index contributed by atoms with van der Waals surface area (Å²) in [7, 11) is 0. The van der Waals surface area contributed by atoms with Gasteiger partial charge in [-0.3, -0.25) is 4.79 Å². The Morgan fingerprint density at radius 1 is 1.19 bits per heavy atom. The van der Waals surface area contributed by atoms with Gasteiger partial charge in [0.25, 0.3) is 0 Å². The molecule has 1 amide bonds. The number of carboxylic acid groups (broad SMARTS) is 1. The van der Waals surface area contributed by atoms with Crippen molar-refractivity contribution < 1.29 is 27.9 Å². The topological polar surface area (TPSA) is 118 Å². The maximum atomic E-state index is 12.5. The summed E-state index contributed by atoms with van der Waals surface area (Å²) >= 11 is 0. The average Bonchev–Trinajstić information content (AvgIpc) is 2.53. The zero-order valence-electron chi connectivity index (χ0n) is 14.1. The minimum atomic E-state index is -5.08. The summed E-state index contributed by atoms with van der Waals surface area (Å²) < 4.78 is 31.7. The number of halogens is 3. The molecule has 0 saturated heterocycles. The SMILES string of the molecule is NCC12CC(C(=O)Nc3cccc4cnncc34)(C1)C2.O=C(O)C(F)(F)F. The van der Waals surface area contributed by atoms with E-state index in [0.717, 1.165) is 35.7 Å². The molecule has 2 bridgehead atoms. The molecule has 3 fully saturated rings. The number of amides is 1. The average molecular weight is 382 g/mol. The van der Waals surface area contributed by atoms with Gasteiger partial charge >= 0.3 is 12.1 Å². The van der Waals surface area contributed by atoms with Gasteiger partial charge in [0.05, 0.1) is 23.5 Å². The number of fused-ring (bicyclic) bond motifs is 1. The molecule has 3 saturated carbocycles. The molecule has 10 heteroatoms. The van der Waals surface area contributed by atoms with E-state index in [0.29, 0.717) is 6.54 Å². The zero-order valence-corrected chi connectivity index (χ0v) is 14.1. The van der Waals surface area contributed by atoms with E-state index in [1.54, 1.807) is 12.4 Å². The quantitative estimate of drug-likeness (QED) is 0.750. The summed E-state index contributed by atoms with van der Waals surface area (Å²) in [5, 5.41) is 19.8. The highest BCUT2D eigenvalue weighted by Gasteiger charge is 2.70. The summed E-state index contributed by atoms with van der Waals surface area (Å²) in [6.45, 7) is 0.700. The van der Waals surface area contributed by atoms with Gasteiger partial charge in [0.2, 0.25) is 5.91 Å². The molecule has 3 aliphatic carbocycles. The number of rotatable bonds is 3. The normalized spacial score (nSPS) is 25.5. The molecule has 7 nitrogen and oxygen atoms in total. The molecular weight excluding hydrogens is 365 g/mol. The number of aliphatic carboxylic acids is 1. The van der Waals surface area contributed by atoms with Crippen molar-refractivity contribution in [3.8, 4) is 0 Å². The van der Waals surface area contributed by atoms with Crippen LogP contribution < -0.4 is 11.1 Å². The third kappa shape index (κ3) is 3.44. The number of hydrogen-bond acceptors (Lipinski definition) is 5. The Morgan fingerprint density at radius 2 is 1.78 bits per heavy atom. The van der Waals surface area contributed by atoms with Gasteiger partial charge in [-0.15, -0.1) is 0 Å². The van der Waals surface area contributed by atoms with Crippen LogP contribution in [0.15, 0.2) is 30.6 Å². The van der Waals surface area contributed by atoms with Gasteiger partial charge in [-0.05, 0) is 37.3 Å². The number of hydrogen-bond donors (Lipinski definition) is 3. The molecular formula is C17H17F3N4O3. The van der Waals surface area contributed by atoms with Gasteiger partial charge in [0.15, 0.2) is 0 Å². The molecule has 3 aliphatic rings. The fourth-order valence-corrected chi connectivity index (χ4v) is 3.85. The molecule has 144 valence electrons. The molecule has 1 heterocycles. The van der Waals surface area contributed by atoms with Gasteiger partial charge in [-0.2, -0.15) is 23.4 Å². The lowest BCUT2D eigenvalue weighted by Crippen LogP contribution is -2.69. The lowest BCUT2D eigenvalue weighted by Gasteiger charge is -2.69. The first-order valence-corrected chi connectivity index (χ1v) is 8.12. The van der Waals surface area contributed by atoms with Gasteiger partial charge in [0, 0.05) is 10.8 Å². The molecule has 27 heavy (non-hydrogen) atoms. The number of benzene rings is 1. The van der Waals surface area contributed by atoms with Crippen LogP contribution in [0.4, 0.5) is 18.9 Å². The molecule has 2 aromatic rings. The Balaban J connectivity index is 0.000000260. The number of carbonyl (C=O) groups excluding carboxylic acids is 1. The van der Waals surface area contributed by atoms with Crippen molar-refractivity contribution in [2.24, 2.45) is 16.6 Å². The minimum absolute atomic E-state index is 0.122. The fourth-order valence-electron chi connectivity index (χ4n) is 3.85. The third-order valence-electron chi connectivity index (χ3n) is 5.14. The third-order valence-corrected chi connectivity index (χ3v) is 5.14. The van der Waals surface area contributed by atoms with E-state index in [1.165, 1.54) is 0 Å². The largest absolute Gasteiger partial charge is 0.490 e. The summed E-state index contributed by atoms with van der Waals surface area (Å²) in [6, 6.07) is 5.79. The second-order valence-electron chi connectivity index (χ2n) is 7.07. The zero-order chi connectivity index (χ0) is 19.9.